The second kappa shape index (κ2) is 7.92. The lowest BCUT2D eigenvalue weighted by Crippen LogP contribution is -2.28. The number of anilines is 1. The average molecular weight is 405 g/mol. The summed E-state index contributed by atoms with van der Waals surface area (Å²) in [5.74, 6) is -0.307. The Bertz CT molecular complexity index is 1230. The minimum atomic E-state index is -0.381. The van der Waals surface area contributed by atoms with Crippen LogP contribution in [0.2, 0.25) is 0 Å². The zero-order valence-corrected chi connectivity index (χ0v) is 16.8. The van der Waals surface area contributed by atoms with Crippen LogP contribution >= 0.6 is 11.8 Å². The molecule has 0 unspecified atom stereocenters. The van der Waals surface area contributed by atoms with Crippen molar-refractivity contribution in [3.63, 3.8) is 0 Å². The predicted molar refractivity (Wildman–Crippen MR) is 112 cm³/mol. The number of hydrogen-bond donors (Lipinski definition) is 1. The standard InChI is InChI=1S/C21H19N5O2S/c1-14-7-6-8-15(2)18(14)23-17(27)13-26-21(28)25-12-11-22-20(19(25)24-26)29-16-9-4-3-5-10-16/h3-12H,13H2,1-2H3,(H,23,27). The van der Waals surface area contributed by atoms with Crippen LogP contribution in [0.3, 0.4) is 0 Å². The van der Waals surface area contributed by atoms with Crippen LogP contribution in [0.15, 0.2) is 75.6 Å². The average Bonchev–Trinajstić information content (AvgIpc) is 3.02. The summed E-state index contributed by atoms with van der Waals surface area (Å²) < 4.78 is 2.57. The number of nitrogens with one attached hydrogen (secondary N) is 1. The number of aryl methyl sites for hydroxylation is 2. The Kier molecular flexibility index (Phi) is 5.18. The van der Waals surface area contributed by atoms with Gasteiger partial charge >= 0.3 is 5.69 Å². The van der Waals surface area contributed by atoms with Gasteiger partial charge in [-0.25, -0.2) is 18.9 Å². The van der Waals surface area contributed by atoms with Gasteiger partial charge in [0, 0.05) is 23.0 Å². The summed E-state index contributed by atoms with van der Waals surface area (Å²) in [5, 5.41) is 7.84. The van der Waals surface area contributed by atoms with Gasteiger partial charge in [-0.3, -0.25) is 4.79 Å². The lowest BCUT2D eigenvalue weighted by Gasteiger charge is -2.10. The molecule has 0 saturated carbocycles. The van der Waals surface area contributed by atoms with Gasteiger partial charge in [0.1, 0.15) is 11.6 Å². The van der Waals surface area contributed by atoms with Crippen molar-refractivity contribution >= 4 is 29.0 Å². The normalized spacial score (nSPS) is 11.0. The second-order valence-corrected chi connectivity index (χ2v) is 7.66. The molecule has 29 heavy (non-hydrogen) atoms. The van der Waals surface area contributed by atoms with E-state index in [9.17, 15) is 9.59 Å². The van der Waals surface area contributed by atoms with E-state index in [4.69, 9.17) is 0 Å². The lowest BCUT2D eigenvalue weighted by atomic mass is 10.1. The minimum Gasteiger partial charge on any atom is -0.324 e. The van der Waals surface area contributed by atoms with Crippen molar-refractivity contribution in [2.75, 3.05) is 5.32 Å². The maximum atomic E-state index is 12.7. The van der Waals surface area contributed by atoms with E-state index < -0.39 is 0 Å². The molecule has 0 spiro atoms. The van der Waals surface area contributed by atoms with Gasteiger partial charge in [-0.1, -0.05) is 48.2 Å². The molecule has 0 fully saturated rings. The fraction of sp³-hybridized carbons (Fsp3) is 0.143. The van der Waals surface area contributed by atoms with Crippen LogP contribution in [-0.4, -0.2) is 25.1 Å². The molecule has 0 aliphatic heterocycles. The van der Waals surface area contributed by atoms with Crippen LogP contribution in [0.25, 0.3) is 5.65 Å². The second-order valence-electron chi connectivity index (χ2n) is 6.60. The van der Waals surface area contributed by atoms with E-state index in [2.05, 4.69) is 15.4 Å². The Balaban J connectivity index is 1.61. The number of fused-ring (bicyclic) bond motifs is 1. The van der Waals surface area contributed by atoms with E-state index in [1.807, 2.05) is 62.4 Å². The van der Waals surface area contributed by atoms with E-state index in [-0.39, 0.29) is 18.1 Å². The summed E-state index contributed by atoms with van der Waals surface area (Å²) in [4.78, 5) is 30.6. The molecule has 4 aromatic rings. The fourth-order valence-electron chi connectivity index (χ4n) is 3.03. The van der Waals surface area contributed by atoms with Crippen LogP contribution in [-0.2, 0) is 11.3 Å². The third-order valence-corrected chi connectivity index (χ3v) is 5.46. The molecule has 0 aliphatic rings. The zero-order valence-electron chi connectivity index (χ0n) is 16.0. The molecule has 0 radical (unpaired) electrons. The van der Waals surface area contributed by atoms with Crippen molar-refractivity contribution in [1.82, 2.24) is 19.2 Å². The zero-order chi connectivity index (χ0) is 20.4. The van der Waals surface area contributed by atoms with Gasteiger partial charge in [0.2, 0.25) is 5.91 Å². The highest BCUT2D eigenvalue weighted by Gasteiger charge is 2.16. The molecule has 4 rings (SSSR count). The molecule has 0 aliphatic carbocycles. The van der Waals surface area contributed by atoms with Crippen LogP contribution in [0.5, 0.6) is 0 Å². The third kappa shape index (κ3) is 3.93. The molecule has 1 amide bonds. The lowest BCUT2D eigenvalue weighted by molar-refractivity contribution is -0.117. The van der Waals surface area contributed by atoms with E-state index in [1.54, 1.807) is 12.4 Å². The summed E-state index contributed by atoms with van der Waals surface area (Å²) in [6.45, 7) is 3.68. The number of carbonyl (C=O) groups excluding carboxylic acids is 1. The first-order chi connectivity index (χ1) is 14.0. The number of carbonyl (C=O) groups is 1. The SMILES string of the molecule is Cc1cccc(C)c1NC(=O)Cn1nc2c(Sc3ccccc3)nccn2c1=O. The van der Waals surface area contributed by atoms with Gasteiger partial charge < -0.3 is 5.32 Å². The number of hydrogen-bond acceptors (Lipinski definition) is 5. The van der Waals surface area contributed by atoms with Crippen molar-refractivity contribution in [3.8, 4) is 0 Å². The summed E-state index contributed by atoms with van der Waals surface area (Å²) in [5.41, 5.74) is 2.73. The Morgan fingerprint density at radius 3 is 2.52 bits per heavy atom. The Morgan fingerprint density at radius 1 is 1.07 bits per heavy atom. The first-order valence-corrected chi connectivity index (χ1v) is 9.88. The minimum absolute atomic E-state index is 0.177. The molecule has 8 heteroatoms. The monoisotopic (exact) mass is 405 g/mol. The molecular weight excluding hydrogens is 386 g/mol. The van der Waals surface area contributed by atoms with Gasteiger partial charge in [-0.2, -0.15) is 0 Å². The maximum Gasteiger partial charge on any atom is 0.350 e. The van der Waals surface area contributed by atoms with Crippen molar-refractivity contribution in [2.45, 2.75) is 30.3 Å². The Morgan fingerprint density at radius 2 is 1.79 bits per heavy atom. The summed E-state index contributed by atoms with van der Waals surface area (Å²) >= 11 is 1.42. The molecule has 0 saturated heterocycles. The summed E-state index contributed by atoms with van der Waals surface area (Å²) in [7, 11) is 0. The molecule has 2 aromatic heterocycles. The molecule has 0 atom stereocenters. The van der Waals surface area contributed by atoms with Crippen LogP contribution < -0.4 is 11.0 Å². The van der Waals surface area contributed by atoms with Crippen molar-refractivity contribution < 1.29 is 4.79 Å². The van der Waals surface area contributed by atoms with Crippen molar-refractivity contribution in [3.05, 3.63) is 82.5 Å². The van der Waals surface area contributed by atoms with Crippen LogP contribution in [0.1, 0.15) is 11.1 Å². The molecule has 1 N–H and O–H groups in total. The van der Waals surface area contributed by atoms with Gasteiger partial charge in [0.05, 0.1) is 0 Å². The maximum absolute atomic E-state index is 12.7. The third-order valence-electron chi connectivity index (χ3n) is 4.47. The highest BCUT2D eigenvalue weighted by molar-refractivity contribution is 7.99. The van der Waals surface area contributed by atoms with E-state index >= 15 is 0 Å². The van der Waals surface area contributed by atoms with E-state index in [0.29, 0.717) is 10.7 Å². The van der Waals surface area contributed by atoms with E-state index in [1.165, 1.54) is 16.2 Å². The van der Waals surface area contributed by atoms with Crippen molar-refractivity contribution in [2.24, 2.45) is 0 Å². The number of nitrogens with zero attached hydrogens (tertiary/aromatic N) is 4. The fourth-order valence-corrected chi connectivity index (χ4v) is 3.89. The number of para-hydroxylation sites is 1. The molecule has 7 nitrogen and oxygen atoms in total. The Hall–Kier alpha value is -3.39. The van der Waals surface area contributed by atoms with Gasteiger partial charge in [0.15, 0.2) is 5.65 Å². The van der Waals surface area contributed by atoms with Gasteiger partial charge in [-0.15, -0.1) is 5.10 Å². The first kappa shape index (κ1) is 18.9. The highest BCUT2D eigenvalue weighted by atomic mass is 32.2. The van der Waals surface area contributed by atoms with Crippen LogP contribution in [0, 0.1) is 13.8 Å². The largest absolute Gasteiger partial charge is 0.350 e. The quantitative estimate of drug-likeness (QED) is 0.551. The molecule has 2 heterocycles. The molecular formula is C21H19N5O2S. The van der Waals surface area contributed by atoms with Crippen molar-refractivity contribution in [1.29, 1.82) is 0 Å². The smallest absolute Gasteiger partial charge is 0.324 e. The van der Waals surface area contributed by atoms with Gasteiger partial charge in [0.25, 0.3) is 0 Å². The number of amides is 1. The number of benzene rings is 2. The predicted octanol–water partition coefficient (Wildman–Crippen LogP) is 3.30. The molecule has 0 bridgehead atoms. The first-order valence-electron chi connectivity index (χ1n) is 9.06. The molecule has 146 valence electrons. The van der Waals surface area contributed by atoms with Gasteiger partial charge in [-0.05, 0) is 37.1 Å². The highest BCUT2D eigenvalue weighted by Crippen LogP contribution is 2.27. The summed E-state index contributed by atoms with van der Waals surface area (Å²) in [6.07, 6.45) is 3.11. The van der Waals surface area contributed by atoms with E-state index in [0.717, 1.165) is 26.4 Å². The topological polar surface area (TPSA) is 81.3 Å². The number of rotatable bonds is 5. The van der Waals surface area contributed by atoms with Crippen LogP contribution in [0.4, 0.5) is 5.69 Å². The molecule has 2 aromatic carbocycles. The summed E-state index contributed by atoms with van der Waals surface area (Å²) in [6, 6.07) is 15.5. The Labute approximate surface area is 171 Å². The number of aromatic nitrogens is 4.